The van der Waals surface area contributed by atoms with Gasteiger partial charge in [-0.25, -0.2) is 4.79 Å². The van der Waals surface area contributed by atoms with E-state index in [0.717, 1.165) is 31.7 Å². The van der Waals surface area contributed by atoms with Crippen molar-refractivity contribution >= 4 is 23.6 Å². The monoisotopic (exact) mass is 365 g/mol. The molecular weight excluding hydrogens is 336 g/mol. The quantitative estimate of drug-likeness (QED) is 0.511. The summed E-state index contributed by atoms with van der Waals surface area (Å²) < 4.78 is 0. The van der Waals surface area contributed by atoms with Gasteiger partial charge in [0.05, 0.1) is 18.0 Å². The first-order valence-electron chi connectivity index (χ1n) is 9.99. The number of nitrogens with zero attached hydrogens (tertiary/aromatic N) is 1. The van der Waals surface area contributed by atoms with Gasteiger partial charge < -0.3 is 10.2 Å². The largest absolute Gasteiger partial charge is 0.341 e. The zero-order valence-electron chi connectivity index (χ0n) is 15.3. The Morgan fingerprint density at radius 1 is 0.962 bits per heavy atom. The Balaban J connectivity index is 1.30. The fourth-order valence-corrected chi connectivity index (χ4v) is 4.47. The molecule has 3 heterocycles. The minimum Gasteiger partial charge on any atom is -0.341 e. The second kappa shape index (κ2) is 8.75. The van der Waals surface area contributed by atoms with Crippen LogP contribution >= 0.6 is 0 Å². The first-order chi connectivity index (χ1) is 12.5. The second-order valence-corrected chi connectivity index (χ2v) is 7.80. The number of imide groups is 1. The molecule has 26 heavy (non-hydrogen) atoms. The predicted octanol–water partition coefficient (Wildman–Crippen LogP) is 1.01. The van der Waals surface area contributed by atoms with E-state index in [0.29, 0.717) is 29.7 Å². The molecule has 0 unspecified atom stereocenters. The number of hydrogen-bond donors (Lipinski definition) is 1. The van der Waals surface area contributed by atoms with E-state index < -0.39 is 17.8 Å². The van der Waals surface area contributed by atoms with Crippen LogP contribution in [0.15, 0.2) is 0 Å². The summed E-state index contributed by atoms with van der Waals surface area (Å²) in [6.45, 7) is 0. The van der Waals surface area contributed by atoms with E-state index in [1.54, 1.807) is 0 Å². The number of carbonyl (C=O) groups is 4. The first kappa shape index (κ1) is 19.0. The molecule has 3 aliphatic heterocycles. The molecule has 3 rings (SSSR count). The van der Waals surface area contributed by atoms with Gasteiger partial charge in [-0.2, -0.15) is 0 Å². The van der Waals surface area contributed by atoms with E-state index >= 15 is 0 Å². The van der Waals surface area contributed by atoms with Crippen molar-refractivity contribution in [2.24, 2.45) is 5.92 Å². The zero-order valence-corrected chi connectivity index (χ0v) is 15.3. The lowest BCUT2D eigenvalue weighted by Crippen LogP contribution is -2.92. The molecule has 3 fully saturated rings. The van der Waals surface area contributed by atoms with Crippen molar-refractivity contribution in [3.63, 3.8) is 0 Å². The molecule has 0 aromatic heterocycles. The van der Waals surface area contributed by atoms with Gasteiger partial charge in [0.25, 0.3) is 11.8 Å². The lowest BCUT2D eigenvalue weighted by Gasteiger charge is -2.18. The third kappa shape index (κ3) is 4.69. The summed E-state index contributed by atoms with van der Waals surface area (Å²) in [7, 11) is 0. The minimum absolute atomic E-state index is 0.106. The molecule has 144 valence electrons. The van der Waals surface area contributed by atoms with Crippen LogP contribution in [0.1, 0.15) is 77.0 Å². The number of ketones is 1. The van der Waals surface area contributed by atoms with Gasteiger partial charge in [-0.05, 0) is 32.1 Å². The number of carbonyl (C=O) groups excluding carboxylic acids is 4. The number of amides is 2. The topological polar surface area (TPSA) is 97.4 Å². The van der Waals surface area contributed by atoms with Crippen LogP contribution in [0.4, 0.5) is 0 Å². The van der Waals surface area contributed by atoms with E-state index in [-0.39, 0.29) is 25.2 Å². The van der Waals surface area contributed by atoms with Crippen molar-refractivity contribution in [1.82, 2.24) is 5.06 Å². The number of hydrogen-bond acceptors (Lipinski definition) is 5. The highest BCUT2D eigenvalue weighted by molar-refractivity contribution is 6.01. The van der Waals surface area contributed by atoms with E-state index in [2.05, 4.69) is 5.32 Å². The molecule has 2 amide bonds. The van der Waals surface area contributed by atoms with Crippen molar-refractivity contribution in [2.45, 2.75) is 89.1 Å². The summed E-state index contributed by atoms with van der Waals surface area (Å²) in [4.78, 5) is 51.9. The molecule has 0 aromatic rings. The smallest absolute Gasteiger partial charge is 0.333 e. The van der Waals surface area contributed by atoms with Crippen molar-refractivity contribution in [3.8, 4) is 0 Å². The summed E-state index contributed by atoms with van der Waals surface area (Å²) >= 11 is 0. The summed E-state index contributed by atoms with van der Waals surface area (Å²) in [5.41, 5.74) is 0. The summed E-state index contributed by atoms with van der Waals surface area (Å²) in [6.07, 6.45) is 8.95. The van der Waals surface area contributed by atoms with Crippen LogP contribution in [-0.4, -0.2) is 40.7 Å². The minimum atomic E-state index is -0.560. The maximum Gasteiger partial charge on any atom is 0.333 e. The molecule has 7 heteroatoms. The molecular formula is C19H29N2O5+. The normalized spacial score (nSPS) is 28.3. The molecule has 0 spiro atoms. The highest BCUT2D eigenvalue weighted by Gasteiger charge is 2.39. The standard InChI is InChI=1S/C19H28N2O5/c22-16(14-6-4-5-13-9-10-15(14)20-13)7-2-1-3-8-19(25)26-21-17(23)11-12-18(21)24/h13-15,20H,1-12H2/p+1/t13-,14+,15-/m1/s1. The van der Waals surface area contributed by atoms with Gasteiger partial charge in [0.15, 0.2) is 0 Å². The van der Waals surface area contributed by atoms with E-state index in [1.165, 1.54) is 19.3 Å². The molecule has 3 saturated heterocycles. The maximum absolute atomic E-state index is 12.5. The Labute approximate surface area is 153 Å². The summed E-state index contributed by atoms with van der Waals surface area (Å²) in [6, 6.07) is 1.22. The van der Waals surface area contributed by atoms with E-state index in [1.807, 2.05) is 0 Å². The Bertz CT molecular complexity index is 560. The predicted molar refractivity (Wildman–Crippen MR) is 91.3 cm³/mol. The number of fused-ring (bicyclic) bond motifs is 2. The molecule has 2 bridgehead atoms. The van der Waals surface area contributed by atoms with Crippen LogP contribution in [-0.2, 0) is 24.0 Å². The highest BCUT2D eigenvalue weighted by atomic mass is 16.7. The summed E-state index contributed by atoms with van der Waals surface area (Å²) in [5.74, 6) is -0.883. The van der Waals surface area contributed by atoms with Gasteiger partial charge >= 0.3 is 5.97 Å². The zero-order chi connectivity index (χ0) is 18.5. The highest BCUT2D eigenvalue weighted by Crippen LogP contribution is 2.27. The van der Waals surface area contributed by atoms with Crippen LogP contribution in [0.3, 0.4) is 0 Å². The van der Waals surface area contributed by atoms with Crippen molar-refractivity contribution in [3.05, 3.63) is 0 Å². The fraction of sp³-hybridized carbons (Fsp3) is 0.789. The van der Waals surface area contributed by atoms with Crippen molar-refractivity contribution in [2.75, 3.05) is 0 Å². The van der Waals surface area contributed by atoms with Crippen LogP contribution in [0.5, 0.6) is 0 Å². The van der Waals surface area contributed by atoms with Crippen LogP contribution < -0.4 is 5.32 Å². The molecule has 0 radical (unpaired) electrons. The van der Waals surface area contributed by atoms with Crippen LogP contribution in [0.25, 0.3) is 0 Å². The molecule has 0 aromatic carbocycles. The van der Waals surface area contributed by atoms with Gasteiger partial charge in [0.1, 0.15) is 5.78 Å². The molecule has 2 N–H and O–H groups in total. The van der Waals surface area contributed by atoms with Gasteiger partial charge in [-0.3, -0.25) is 14.4 Å². The van der Waals surface area contributed by atoms with E-state index in [4.69, 9.17) is 4.84 Å². The number of hydroxylamine groups is 2. The molecule has 0 aliphatic carbocycles. The van der Waals surface area contributed by atoms with Crippen molar-refractivity contribution in [1.29, 1.82) is 0 Å². The van der Waals surface area contributed by atoms with Gasteiger partial charge in [-0.1, -0.05) is 6.42 Å². The van der Waals surface area contributed by atoms with Gasteiger partial charge in [0, 0.05) is 38.5 Å². The molecule has 0 saturated carbocycles. The Hall–Kier alpha value is -1.76. The Kier molecular flexibility index (Phi) is 6.40. The van der Waals surface area contributed by atoms with Gasteiger partial charge in [-0.15, -0.1) is 5.06 Å². The van der Waals surface area contributed by atoms with E-state index in [9.17, 15) is 19.2 Å². The Morgan fingerprint density at radius 3 is 2.46 bits per heavy atom. The second-order valence-electron chi connectivity index (χ2n) is 7.80. The molecule has 3 atom stereocenters. The molecule has 3 aliphatic rings. The number of nitrogens with two attached hydrogens (primary N) is 1. The summed E-state index contributed by atoms with van der Waals surface area (Å²) in [5, 5.41) is 3.01. The van der Waals surface area contributed by atoms with Gasteiger partial charge in [0.2, 0.25) is 0 Å². The number of quaternary nitrogens is 1. The maximum atomic E-state index is 12.5. The average Bonchev–Trinajstić information content (AvgIpc) is 3.11. The number of rotatable bonds is 8. The number of unbranched alkanes of at least 4 members (excludes halogenated alkanes) is 2. The SMILES string of the molecule is O=C(CCCCCC(=O)[C@H]1CCC[C@@H]2CC[C@H]1[NH2+]2)ON1C(=O)CCC1=O. The van der Waals surface area contributed by atoms with Crippen LogP contribution in [0, 0.1) is 5.92 Å². The third-order valence-corrected chi connectivity index (χ3v) is 5.91. The lowest BCUT2D eigenvalue weighted by molar-refractivity contribution is -0.703. The van der Waals surface area contributed by atoms with Crippen LogP contribution in [0.2, 0.25) is 0 Å². The molecule has 7 nitrogen and oxygen atoms in total. The number of Topliss-reactive ketones (excluding diaryl/α,β-unsaturated/α-hetero) is 1. The van der Waals surface area contributed by atoms with Crippen molar-refractivity contribution < 1.29 is 29.3 Å². The Morgan fingerprint density at radius 2 is 1.69 bits per heavy atom. The lowest BCUT2D eigenvalue weighted by atomic mass is 9.85. The third-order valence-electron chi connectivity index (χ3n) is 5.91. The fourth-order valence-electron chi connectivity index (χ4n) is 4.47. The first-order valence-corrected chi connectivity index (χ1v) is 9.99. The average molecular weight is 365 g/mol.